The minimum atomic E-state index is 0.116. The van der Waals surface area contributed by atoms with Gasteiger partial charge in [0.2, 0.25) is 5.91 Å². The third kappa shape index (κ3) is 3.94. The number of amides is 1. The summed E-state index contributed by atoms with van der Waals surface area (Å²) in [4.78, 5) is 14.0. The predicted molar refractivity (Wildman–Crippen MR) is 84.9 cm³/mol. The molecule has 21 heavy (non-hydrogen) atoms. The summed E-state index contributed by atoms with van der Waals surface area (Å²) in [5, 5.41) is 3.91. The van der Waals surface area contributed by atoms with Crippen molar-refractivity contribution >= 4 is 21.8 Å². The largest absolute Gasteiger partial charge is 0.361 e. The molecule has 4 nitrogen and oxygen atoms in total. The maximum absolute atomic E-state index is 12.2. The lowest BCUT2D eigenvalue weighted by atomic mass is 10.1. The SMILES string of the molecule is Cc1noc(C)c1CCC(=O)N(C)Cc1ccccc1Br. The van der Waals surface area contributed by atoms with Gasteiger partial charge in [0.15, 0.2) is 0 Å². The molecule has 0 saturated carbocycles. The molecule has 1 aromatic heterocycles. The highest BCUT2D eigenvalue weighted by atomic mass is 79.9. The molecule has 0 aliphatic heterocycles. The molecule has 1 aromatic carbocycles. The Morgan fingerprint density at radius 2 is 2.05 bits per heavy atom. The smallest absolute Gasteiger partial charge is 0.222 e. The monoisotopic (exact) mass is 350 g/mol. The molecule has 0 atom stereocenters. The Labute approximate surface area is 133 Å². The number of hydrogen-bond donors (Lipinski definition) is 0. The molecule has 112 valence electrons. The molecule has 0 fully saturated rings. The van der Waals surface area contributed by atoms with E-state index in [0.29, 0.717) is 19.4 Å². The number of carbonyl (C=O) groups excluding carboxylic acids is 1. The number of carbonyl (C=O) groups is 1. The first-order valence-corrected chi connectivity index (χ1v) is 7.67. The summed E-state index contributed by atoms with van der Waals surface area (Å²) in [6.45, 7) is 4.38. The van der Waals surface area contributed by atoms with Crippen molar-refractivity contribution in [2.75, 3.05) is 7.05 Å². The standard InChI is InChI=1S/C16H19BrN2O2/c1-11-14(12(2)21-18-11)8-9-16(20)19(3)10-13-6-4-5-7-15(13)17/h4-7H,8-10H2,1-3H3. The van der Waals surface area contributed by atoms with Crippen LogP contribution in [-0.4, -0.2) is 23.0 Å². The zero-order valence-corrected chi connectivity index (χ0v) is 14.1. The second kappa shape index (κ2) is 6.89. The fourth-order valence-electron chi connectivity index (χ4n) is 2.25. The van der Waals surface area contributed by atoms with Gasteiger partial charge in [-0.3, -0.25) is 4.79 Å². The van der Waals surface area contributed by atoms with Gasteiger partial charge in [0.1, 0.15) is 5.76 Å². The third-order valence-corrected chi connectivity index (χ3v) is 4.33. The Morgan fingerprint density at radius 3 is 2.67 bits per heavy atom. The molecular weight excluding hydrogens is 332 g/mol. The minimum Gasteiger partial charge on any atom is -0.361 e. The second-order valence-electron chi connectivity index (χ2n) is 5.14. The molecule has 0 saturated heterocycles. The molecule has 0 N–H and O–H groups in total. The van der Waals surface area contributed by atoms with Crippen LogP contribution in [0.25, 0.3) is 0 Å². The zero-order valence-electron chi connectivity index (χ0n) is 12.5. The van der Waals surface area contributed by atoms with E-state index in [1.54, 1.807) is 4.90 Å². The van der Waals surface area contributed by atoms with Gasteiger partial charge in [0.05, 0.1) is 5.69 Å². The summed E-state index contributed by atoms with van der Waals surface area (Å²) in [7, 11) is 1.83. The van der Waals surface area contributed by atoms with E-state index in [4.69, 9.17) is 4.52 Å². The van der Waals surface area contributed by atoms with E-state index in [1.807, 2.05) is 45.2 Å². The fraction of sp³-hybridized carbons (Fsp3) is 0.375. The summed E-state index contributed by atoms with van der Waals surface area (Å²) in [5.74, 6) is 0.916. The number of rotatable bonds is 5. The summed E-state index contributed by atoms with van der Waals surface area (Å²) < 4.78 is 6.14. The fourth-order valence-corrected chi connectivity index (χ4v) is 2.66. The third-order valence-electron chi connectivity index (χ3n) is 3.56. The van der Waals surface area contributed by atoms with Crippen molar-refractivity contribution in [3.63, 3.8) is 0 Å². The Bertz CT molecular complexity index is 617. The molecule has 2 rings (SSSR count). The summed E-state index contributed by atoms with van der Waals surface area (Å²) in [6.07, 6.45) is 1.13. The number of aromatic nitrogens is 1. The first kappa shape index (κ1) is 15.8. The highest BCUT2D eigenvalue weighted by molar-refractivity contribution is 9.10. The summed E-state index contributed by atoms with van der Waals surface area (Å²) >= 11 is 3.50. The summed E-state index contributed by atoms with van der Waals surface area (Å²) in [5.41, 5.74) is 3.01. The number of halogens is 1. The molecule has 0 unspecified atom stereocenters. The van der Waals surface area contributed by atoms with Crippen LogP contribution in [-0.2, 0) is 17.8 Å². The van der Waals surface area contributed by atoms with E-state index in [0.717, 1.165) is 27.1 Å². The number of hydrogen-bond acceptors (Lipinski definition) is 3. The van der Waals surface area contributed by atoms with Crippen LogP contribution >= 0.6 is 15.9 Å². The van der Waals surface area contributed by atoms with E-state index in [9.17, 15) is 4.79 Å². The van der Waals surface area contributed by atoms with Crippen molar-refractivity contribution in [1.29, 1.82) is 0 Å². The molecule has 2 aromatic rings. The highest BCUT2D eigenvalue weighted by Gasteiger charge is 2.14. The average Bonchev–Trinajstić information content (AvgIpc) is 2.78. The molecule has 1 heterocycles. The lowest BCUT2D eigenvalue weighted by molar-refractivity contribution is -0.130. The zero-order chi connectivity index (χ0) is 15.4. The molecule has 5 heteroatoms. The van der Waals surface area contributed by atoms with Gasteiger partial charge >= 0.3 is 0 Å². The first-order chi connectivity index (χ1) is 9.99. The Hall–Kier alpha value is -1.62. The molecule has 0 aliphatic carbocycles. The number of benzene rings is 1. The average molecular weight is 351 g/mol. The van der Waals surface area contributed by atoms with Crippen molar-refractivity contribution in [3.05, 3.63) is 51.3 Å². The maximum atomic E-state index is 12.2. The van der Waals surface area contributed by atoms with Crippen LogP contribution in [0.1, 0.15) is 29.0 Å². The molecule has 0 spiro atoms. The maximum Gasteiger partial charge on any atom is 0.222 e. The van der Waals surface area contributed by atoms with E-state index in [2.05, 4.69) is 21.1 Å². The van der Waals surface area contributed by atoms with Crippen LogP contribution in [0.4, 0.5) is 0 Å². The van der Waals surface area contributed by atoms with Gasteiger partial charge < -0.3 is 9.42 Å². The van der Waals surface area contributed by atoms with Crippen molar-refractivity contribution < 1.29 is 9.32 Å². The van der Waals surface area contributed by atoms with Gasteiger partial charge in [-0.1, -0.05) is 39.3 Å². The molecule has 0 bridgehead atoms. The van der Waals surface area contributed by atoms with Crippen LogP contribution in [0.2, 0.25) is 0 Å². The Kier molecular flexibility index (Phi) is 5.17. The predicted octanol–water partition coefficient (Wildman–Crippen LogP) is 3.65. The molecule has 1 amide bonds. The van der Waals surface area contributed by atoms with Crippen LogP contribution in [0.3, 0.4) is 0 Å². The van der Waals surface area contributed by atoms with Crippen LogP contribution < -0.4 is 0 Å². The normalized spacial score (nSPS) is 10.7. The lowest BCUT2D eigenvalue weighted by Gasteiger charge is -2.18. The number of aryl methyl sites for hydroxylation is 2. The Morgan fingerprint density at radius 1 is 1.33 bits per heavy atom. The quantitative estimate of drug-likeness (QED) is 0.826. The van der Waals surface area contributed by atoms with Gasteiger partial charge in [-0.25, -0.2) is 0 Å². The van der Waals surface area contributed by atoms with E-state index in [-0.39, 0.29) is 5.91 Å². The van der Waals surface area contributed by atoms with Crippen LogP contribution in [0, 0.1) is 13.8 Å². The molecule has 0 radical (unpaired) electrons. The van der Waals surface area contributed by atoms with E-state index in [1.165, 1.54) is 0 Å². The van der Waals surface area contributed by atoms with Crippen molar-refractivity contribution in [3.8, 4) is 0 Å². The van der Waals surface area contributed by atoms with E-state index >= 15 is 0 Å². The van der Waals surface area contributed by atoms with Gasteiger partial charge in [-0.05, 0) is 31.9 Å². The van der Waals surface area contributed by atoms with Gasteiger partial charge in [0, 0.05) is 30.0 Å². The Balaban J connectivity index is 1.93. The second-order valence-corrected chi connectivity index (χ2v) is 6.00. The molecular formula is C16H19BrN2O2. The topological polar surface area (TPSA) is 46.3 Å². The van der Waals surface area contributed by atoms with Gasteiger partial charge in [-0.2, -0.15) is 0 Å². The highest BCUT2D eigenvalue weighted by Crippen LogP contribution is 2.18. The minimum absolute atomic E-state index is 0.116. The summed E-state index contributed by atoms with van der Waals surface area (Å²) in [6, 6.07) is 7.94. The van der Waals surface area contributed by atoms with Crippen molar-refractivity contribution in [2.45, 2.75) is 33.2 Å². The number of nitrogens with zero attached hydrogens (tertiary/aromatic N) is 2. The van der Waals surface area contributed by atoms with Gasteiger partial charge in [-0.15, -0.1) is 0 Å². The van der Waals surface area contributed by atoms with Crippen LogP contribution in [0.5, 0.6) is 0 Å². The van der Waals surface area contributed by atoms with Crippen molar-refractivity contribution in [1.82, 2.24) is 10.1 Å². The first-order valence-electron chi connectivity index (χ1n) is 6.88. The molecule has 0 aliphatic rings. The van der Waals surface area contributed by atoms with Gasteiger partial charge in [0.25, 0.3) is 0 Å². The lowest BCUT2D eigenvalue weighted by Crippen LogP contribution is -2.26. The van der Waals surface area contributed by atoms with Crippen LogP contribution in [0.15, 0.2) is 33.3 Å². The van der Waals surface area contributed by atoms with E-state index < -0.39 is 0 Å². The van der Waals surface area contributed by atoms with Crippen molar-refractivity contribution in [2.24, 2.45) is 0 Å².